The minimum Gasteiger partial charge on any atom is -0.496 e. The van der Waals surface area contributed by atoms with Crippen LogP contribution in [0.15, 0.2) is 29.1 Å². The van der Waals surface area contributed by atoms with Gasteiger partial charge in [0.2, 0.25) is 5.91 Å². The smallest absolute Gasteiger partial charge is 0.261 e. The Morgan fingerprint density at radius 2 is 2.15 bits per heavy atom. The quantitative estimate of drug-likeness (QED) is 0.724. The Morgan fingerprint density at radius 1 is 1.37 bits per heavy atom. The predicted octanol–water partition coefficient (Wildman–Crippen LogP) is 1.87. The van der Waals surface area contributed by atoms with Gasteiger partial charge in [0.05, 0.1) is 19.6 Å². The normalized spacial score (nSPS) is 15.7. The van der Waals surface area contributed by atoms with E-state index in [0.717, 1.165) is 17.7 Å². The van der Waals surface area contributed by atoms with Gasteiger partial charge < -0.3 is 20.8 Å². The van der Waals surface area contributed by atoms with Crippen LogP contribution in [0.4, 0.5) is 0 Å². The van der Waals surface area contributed by atoms with E-state index in [1.807, 2.05) is 0 Å². The first-order valence-electron chi connectivity index (χ1n) is 8.56. The van der Waals surface area contributed by atoms with Crippen molar-refractivity contribution in [2.45, 2.75) is 31.7 Å². The molecule has 0 spiro atoms. The number of ether oxygens (including phenoxy) is 1. The minimum atomic E-state index is -0.793. The van der Waals surface area contributed by atoms with Crippen molar-refractivity contribution in [3.63, 3.8) is 0 Å². The summed E-state index contributed by atoms with van der Waals surface area (Å²) in [5.74, 6) is -0.419. The molecular weight excluding hydrogens is 370 g/mol. The molecule has 1 aliphatic carbocycles. The average molecular weight is 390 g/mol. The van der Waals surface area contributed by atoms with Crippen molar-refractivity contribution in [2.75, 3.05) is 7.11 Å². The van der Waals surface area contributed by atoms with E-state index in [0.29, 0.717) is 29.2 Å². The highest BCUT2D eigenvalue weighted by molar-refractivity contribution is 6.30. The fourth-order valence-electron chi connectivity index (χ4n) is 3.38. The lowest BCUT2D eigenvalue weighted by Crippen LogP contribution is -2.34. The van der Waals surface area contributed by atoms with Gasteiger partial charge in [0.25, 0.3) is 11.5 Å². The number of rotatable bonds is 5. The zero-order valence-corrected chi connectivity index (χ0v) is 15.6. The third-order valence-corrected chi connectivity index (χ3v) is 4.88. The first kappa shape index (κ1) is 19.0. The number of amides is 2. The van der Waals surface area contributed by atoms with E-state index in [2.05, 4.69) is 10.3 Å². The summed E-state index contributed by atoms with van der Waals surface area (Å²) in [6.45, 7) is 0. The van der Waals surface area contributed by atoms with E-state index in [4.69, 9.17) is 22.1 Å². The van der Waals surface area contributed by atoms with Gasteiger partial charge in [0, 0.05) is 16.3 Å². The predicted molar refractivity (Wildman–Crippen MR) is 101 cm³/mol. The summed E-state index contributed by atoms with van der Waals surface area (Å²) in [5.41, 5.74) is 6.79. The fourth-order valence-corrected chi connectivity index (χ4v) is 3.57. The van der Waals surface area contributed by atoms with Gasteiger partial charge >= 0.3 is 0 Å². The maximum absolute atomic E-state index is 12.6. The maximum Gasteiger partial charge on any atom is 0.261 e. The molecule has 0 bridgehead atoms. The van der Waals surface area contributed by atoms with E-state index in [1.165, 1.54) is 13.2 Å². The molecule has 8 heteroatoms. The average Bonchev–Trinajstić information content (AvgIpc) is 2.61. The summed E-state index contributed by atoms with van der Waals surface area (Å²) in [4.78, 5) is 38.7. The highest BCUT2D eigenvalue weighted by atomic mass is 35.5. The molecule has 3 rings (SSSR count). The largest absolute Gasteiger partial charge is 0.496 e. The van der Waals surface area contributed by atoms with Gasteiger partial charge in [-0.15, -0.1) is 0 Å². The number of aromatic amines is 1. The Labute approximate surface area is 160 Å². The lowest BCUT2D eigenvalue weighted by Gasteiger charge is -2.26. The number of benzene rings is 1. The summed E-state index contributed by atoms with van der Waals surface area (Å²) < 4.78 is 5.27. The summed E-state index contributed by atoms with van der Waals surface area (Å²) in [5, 5.41) is 3.49. The van der Waals surface area contributed by atoms with Crippen LogP contribution in [-0.2, 0) is 17.6 Å². The number of nitrogens with two attached hydrogens (primary N) is 1. The Morgan fingerprint density at radius 3 is 2.85 bits per heavy atom. The molecule has 1 unspecified atom stereocenters. The molecule has 0 saturated carbocycles. The first-order chi connectivity index (χ1) is 12.9. The van der Waals surface area contributed by atoms with Crippen molar-refractivity contribution in [1.29, 1.82) is 0 Å². The van der Waals surface area contributed by atoms with Gasteiger partial charge in [-0.05, 0) is 49.1 Å². The van der Waals surface area contributed by atoms with E-state index >= 15 is 0 Å². The van der Waals surface area contributed by atoms with E-state index in [9.17, 15) is 14.4 Å². The van der Waals surface area contributed by atoms with Crippen LogP contribution >= 0.6 is 11.6 Å². The molecule has 0 fully saturated rings. The number of halogens is 1. The van der Waals surface area contributed by atoms with Crippen molar-refractivity contribution < 1.29 is 14.3 Å². The number of hydrogen-bond donors (Lipinski definition) is 3. The van der Waals surface area contributed by atoms with Crippen LogP contribution in [0.5, 0.6) is 5.75 Å². The molecule has 0 saturated heterocycles. The molecule has 27 heavy (non-hydrogen) atoms. The van der Waals surface area contributed by atoms with Gasteiger partial charge in [-0.3, -0.25) is 14.4 Å². The number of nitrogens with one attached hydrogen (secondary N) is 2. The molecule has 2 amide bonds. The molecule has 0 aliphatic heterocycles. The lowest BCUT2D eigenvalue weighted by atomic mass is 9.90. The Kier molecular flexibility index (Phi) is 5.51. The highest BCUT2D eigenvalue weighted by Crippen LogP contribution is 2.29. The lowest BCUT2D eigenvalue weighted by molar-refractivity contribution is -0.121. The molecule has 4 N–H and O–H groups in total. The minimum absolute atomic E-state index is 0.0988. The number of H-pyrrole nitrogens is 1. The van der Waals surface area contributed by atoms with Crippen LogP contribution in [0.2, 0.25) is 5.02 Å². The van der Waals surface area contributed by atoms with Crippen LogP contribution in [0.3, 0.4) is 0 Å². The van der Waals surface area contributed by atoms with Gasteiger partial charge in [-0.2, -0.15) is 0 Å². The number of pyridine rings is 1. The molecule has 142 valence electrons. The van der Waals surface area contributed by atoms with Crippen LogP contribution < -0.4 is 21.3 Å². The maximum atomic E-state index is 12.6. The topological polar surface area (TPSA) is 114 Å². The van der Waals surface area contributed by atoms with E-state index in [-0.39, 0.29) is 23.9 Å². The van der Waals surface area contributed by atoms with E-state index in [1.54, 1.807) is 18.2 Å². The second-order valence-corrected chi connectivity index (χ2v) is 6.89. The van der Waals surface area contributed by atoms with Crippen LogP contribution in [0.25, 0.3) is 0 Å². The van der Waals surface area contributed by atoms with E-state index < -0.39 is 11.5 Å². The van der Waals surface area contributed by atoms with Crippen molar-refractivity contribution >= 4 is 23.4 Å². The van der Waals surface area contributed by atoms with Crippen LogP contribution in [-0.4, -0.2) is 23.9 Å². The molecule has 2 aromatic rings. The SMILES string of the molecule is COc1ccc(Cl)cc1CC(=O)NC1CCCc2[nH]c(=O)c(C(N)=O)cc21. The summed E-state index contributed by atoms with van der Waals surface area (Å²) in [7, 11) is 1.53. The zero-order valence-electron chi connectivity index (χ0n) is 14.8. The molecule has 1 heterocycles. The molecule has 1 aromatic carbocycles. The zero-order chi connectivity index (χ0) is 19.6. The van der Waals surface area contributed by atoms with Crippen LogP contribution in [0.1, 0.15) is 46.1 Å². The van der Waals surface area contributed by atoms with Crippen LogP contribution in [0, 0.1) is 0 Å². The number of primary amides is 1. The van der Waals surface area contributed by atoms with Gasteiger partial charge in [0.1, 0.15) is 11.3 Å². The van der Waals surface area contributed by atoms with Crippen molar-refractivity contribution in [3.05, 3.63) is 62.0 Å². The van der Waals surface area contributed by atoms with Gasteiger partial charge in [0.15, 0.2) is 0 Å². The number of hydrogen-bond acceptors (Lipinski definition) is 4. The third kappa shape index (κ3) is 4.14. The van der Waals surface area contributed by atoms with Gasteiger partial charge in [-0.25, -0.2) is 0 Å². The van der Waals surface area contributed by atoms with Crippen molar-refractivity contribution in [2.24, 2.45) is 5.73 Å². The Hall–Kier alpha value is -2.80. The number of aryl methyl sites for hydroxylation is 1. The fraction of sp³-hybridized carbons (Fsp3) is 0.316. The van der Waals surface area contributed by atoms with Crippen molar-refractivity contribution in [3.8, 4) is 5.75 Å². The number of aromatic nitrogens is 1. The Bertz CT molecular complexity index is 954. The third-order valence-electron chi connectivity index (χ3n) is 4.65. The highest BCUT2D eigenvalue weighted by Gasteiger charge is 2.25. The standard InChI is InChI=1S/C19H20ClN3O4/c1-27-16-6-5-11(20)7-10(16)8-17(24)22-14-3-2-4-15-12(14)9-13(18(21)25)19(26)23-15/h5-7,9,14H,2-4,8H2,1H3,(H2,21,25)(H,22,24)(H,23,26). The molecular formula is C19H20ClN3O4. The first-order valence-corrected chi connectivity index (χ1v) is 8.94. The number of fused-ring (bicyclic) bond motifs is 1. The molecule has 1 aromatic heterocycles. The summed E-state index contributed by atoms with van der Waals surface area (Å²) in [6, 6.07) is 6.28. The molecule has 1 atom stereocenters. The second kappa shape index (κ2) is 7.84. The monoisotopic (exact) mass is 389 g/mol. The summed E-state index contributed by atoms with van der Waals surface area (Å²) in [6.07, 6.45) is 2.29. The summed E-state index contributed by atoms with van der Waals surface area (Å²) >= 11 is 6.01. The Balaban J connectivity index is 1.82. The number of carbonyl (C=O) groups is 2. The molecule has 1 aliphatic rings. The molecule has 0 radical (unpaired) electrons. The second-order valence-electron chi connectivity index (χ2n) is 6.46. The van der Waals surface area contributed by atoms with Crippen molar-refractivity contribution in [1.82, 2.24) is 10.3 Å². The number of carbonyl (C=O) groups excluding carboxylic acids is 2. The van der Waals surface area contributed by atoms with Gasteiger partial charge in [-0.1, -0.05) is 11.6 Å². The number of methoxy groups -OCH3 is 1. The molecule has 7 nitrogen and oxygen atoms in total.